The van der Waals surface area contributed by atoms with E-state index in [4.69, 9.17) is 0 Å². The van der Waals surface area contributed by atoms with Crippen LogP contribution in [-0.4, -0.2) is 29.7 Å². The number of hydrogen-bond donors (Lipinski definition) is 0. The minimum absolute atomic E-state index is 0.166. The van der Waals surface area contributed by atoms with Crippen molar-refractivity contribution in [2.24, 2.45) is 0 Å². The molecule has 1 heterocycles. The van der Waals surface area contributed by atoms with E-state index in [2.05, 4.69) is 0 Å². The predicted molar refractivity (Wildman–Crippen MR) is 59.6 cm³/mol. The van der Waals surface area contributed by atoms with E-state index in [1.165, 1.54) is 6.42 Å². The molecule has 1 fully saturated rings. The van der Waals surface area contributed by atoms with Gasteiger partial charge < -0.3 is 4.90 Å². The zero-order valence-electron chi connectivity index (χ0n) is 9.63. The highest BCUT2D eigenvalue weighted by atomic mass is 16.2. The van der Waals surface area contributed by atoms with Crippen LogP contribution in [0.3, 0.4) is 0 Å². The second-order valence-electron chi connectivity index (χ2n) is 4.27. The van der Waals surface area contributed by atoms with E-state index in [9.17, 15) is 9.59 Å². The van der Waals surface area contributed by atoms with Gasteiger partial charge in [-0.1, -0.05) is 19.8 Å². The summed E-state index contributed by atoms with van der Waals surface area (Å²) in [5, 5.41) is 0. The summed E-state index contributed by atoms with van der Waals surface area (Å²) in [5.41, 5.74) is 0. The monoisotopic (exact) mass is 211 g/mol. The first-order chi connectivity index (χ1) is 7.24. The largest absolute Gasteiger partial charge is 0.335 e. The highest BCUT2D eigenvalue weighted by Crippen LogP contribution is 2.11. The second kappa shape index (κ2) is 6.59. The van der Waals surface area contributed by atoms with Crippen molar-refractivity contribution in [1.29, 1.82) is 0 Å². The van der Waals surface area contributed by atoms with Crippen LogP contribution in [0.2, 0.25) is 0 Å². The molecule has 0 aromatic rings. The number of carbonyl (C=O) groups is 2. The van der Waals surface area contributed by atoms with Gasteiger partial charge >= 0.3 is 0 Å². The number of likely N-dealkylation sites (tertiary alicyclic amines) is 1. The standard InChI is InChI=1S/C12H21NO2/c1-2-7-11(14)10-13-9-6-4-3-5-8-12(13)15/h2-10H2,1H3. The molecule has 86 valence electrons. The average molecular weight is 211 g/mol. The SMILES string of the molecule is CCCC(=O)CN1CCCCCCC1=O. The van der Waals surface area contributed by atoms with Crippen molar-refractivity contribution in [1.82, 2.24) is 4.90 Å². The van der Waals surface area contributed by atoms with E-state index in [1.807, 2.05) is 6.92 Å². The highest BCUT2D eigenvalue weighted by Gasteiger charge is 2.17. The molecule has 0 aliphatic carbocycles. The van der Waals surface area contributed by atoms with Gasteiger partial charge in [0.25, 0.3) is 0 Å². The van der Waals surface area contributed by atoms with Crippen molar-refractivity contribution < 1.29 is 9.59 Å². The van der Waals surface area contributed by atoms with Gasteiger partial charge in [-0.25, -0.2) is 0 Å². The van der Waals surface area contributed by atoms with E-state index < -0.39 is 0 Å². The molecule has 3 nitrogen and oxygen atoms in total. The molecule has 0 spiro atoms. The fourth-order valence-electron chi connectivity index (χ4n) is 1.95. The third-order valence-corrected chi connectivity index (χ3v) is 2.82. The van der Waals surface area contributed by atoms with Crippen LogP contribution in [0.1, 0.15) is 51.9 Å². The Morgan fingerprint density at radius 2 is 2.00 bits per heavy atom. The van der Waals surface area contributed by atoms with Crippen LogP contribution in [0.4, 0.5) is 0 Å². The van der Waals surface area contributed by atoms with Crippen molar-refractivity contribution in [2.45, 2.75) is 51.9 Å². The van der Waals surface area contributed by atoms with Crippen molar-refractivity contribution in [2.75, 3.05) is 13.1 Å². The van der Waals surface area contributed by atoms with Gasteiger partial charge in [0.15, 0.2) is 5.78 Å². The molecule has 3 heteroatoms. The zero-order chi connectivity index (χ0) is 11.1. The maximum atomic E-state index is 11.7. The summed E-state index contributed by atoms with van der Waals surface area (Å²) in [6.45, 7) is 3.11. The number of nitrogens with zero attached hydrogens (tertiary/aromatic N) is 1. The summed E-state index contributed by atoms with van der Waals surface area (Å²) >= 11 is 0. The van der Waals surface area contributed by atoms with E-state index >= 15 is 0 Å². The van der Waals surface area contributed by atoms with Crippen molar-refractivity contribution >= 4 is 11.7 Å². The Bertz CT molecular complexity index is 226. The Labute approximate surface area is 91.8 Å². The Morgan fingerprint density at radius 1 is 1.27 bits per heavy atom. The minimum Gasteiger partial charge on any atom is -0.335 e. The van der Waals surface area contributed by atoms with Crippen molar-refractivity contribution in [3.63, 3.8) is 0 Å². The van der Waals surface area contributed by atoms with Gasteiger partial charge in [0.2, 0.25) is 5.91 Å². The molecule has 0 unspecified atom stereocenters. The van der Waals surface area contributed by atoms with Crippen molar-refractivity contribution in [3.05, 3.63) is 0 Å². The molecule has 1 aliphatic rings. The molecule has 0 aromatic heterocycles. The first kappa shape index (κ1) is 12.2. The summed E-state index contributed by atoms with van der Waals surface area (Å²) in [4.78, 5) is 24.9. The normalized spacial score (nSPS) is 18.5. The lowest BCUT2D eigenvalue weighted by Crippen LogP contribution is -2.37. The summed E-state index contributed by atoms with van der Waals surface area (Å²) in [7, 11) is 0. The molecule has 0 saturated carbocycles. The predicted octanol–water partition coefficient (Wildman–Crippen LogP) is 2.15. The Kier molecular flexibility index (Phi) is 5.37. The molecule has 1 amide bonds. The molecule has 0 bridgehead atoms. The molecular weight excluding hydrogens is 190 g/mol. The van der Waals surface area contributed by atoms with Gasteiger partial charge in [-0.2, -0.15) is 0 Å². The van der Waals surface area contributed by atoms with Gasteiger partial charge in [0.05, 0.1) is 6.54 Å². The fourth-order valence-corrected chi connectivity index (χ4v) is 1.95. The number of Topliss-reactive ketones (excluding diaryl/α,β-unsaturated/α-hetero) is 1. The number of amides is 1. The number of ketones is 1. The molecule has 0 aromatic carbocycles. The second-order valence-corrected chi connectivity index (χ2v) is 4.27. The third kappa shape index (κ3) is 4.45. The Morgan fingerprint density at radius 3 is 2.73 bits per heavy atom. The van der Waals surface area contributed by atoms with Crippen LogP contribution in [0.25, 0.3) is 0 Å². The maximum absolute atomic E-state index is 11.7. The van der Waals surface area contributed by atoms with E-state index in [0.29, 0.717) is 19.4 Å². The molecule has 1 saturated heterocycles. The Hall–Kier alpha value is -0.860. The van der Waals surface area contributed by atoms with Gasteiger partial charge in [0, 0.05) is 19.4 Å². The van der Waals surface area contributed by atoms with Gasteiger partial charge in [-0.15, -0.1) is 0 Å². The highest BCUT2D eigenvalue weighted by molar-refractivity contribution is 5.86. The smallest absolute Gasteiger partial charge is 0.222 e. The lowest BCUT2D eigenvalue weighted by Gasteiger charge is -2.24. The number of carbonyl (C=O) groups excluding carboxylic acids is 2. The number of hydrogen-bond acceptors (Lipinski definition) is 2. The van der Waals surface area contributed by atoms with Crippen LogP contribution in [0, 0.1) is 0 Å². The van der Waals surface area contributed by atoms with E-state index in [0.717, 1.165) is 32.2 Å². The van der Waals surface area contributed by atoms with Gasteiger partial charge in [-0.3, -0.25) is 9.59 Å². The summed E-state index contributed by atoms with van der Waals surface area (Å²) in [6, 6.07) is 0. The van der Waals surface area contributed by atoms with E-state index in [-0.39, 0.29) is 11.7 Å². The fraction of sp³-hybridized carbons (Fsp3) is 0.833. The van der Waals surface area contributed by atoms with Crippen LogP contribution in [0.5, 0.6) is 0 Å². The Balaban J connectivity index is 2.41. The van der Waals surface area contributed by atoms with Crippen LogP contribution in [0.15, 0.2) is 0 Å². The average Bonchev–Trinajstić information content (AvgIpc) is 2.18. The van der Waals surface area contributed by atoms with Gasteiger partial charge in [-0.05, 0) is 19.3 Å². The molecule has 0 N–H and O–H groups in total. The molecule has 0 atom stereocenters. The first-order valence-corrected chi connectivity index (χ1v) is 6.03. The topological polar surface area (TPSA) is 37.4 Å². The van der Waals surface area contributed by atoms with Gasteiger partial charge in [0.1, 0.15) is 0 Å². The van der Waals surface area contributed by atoms with E-state index in [1.54, 1.807) is 4.90 Å². The lowest BCUT2D eigenvalue weighted by atomic mass is 10.1. The molecule has 1 aliphatic heterocycles. The quantitative estimate of drug-likeness (QED) is 0.714. The number of rotatable bonds is 4. The molecular formula is C12H21NO2. The lowest BCUT2D eigenvalue weighted by molar-refractivity contribution is -0.136. The summed E-state index contributed by atoms with van der Waals surface area (Å²) in [5.74, 6) is 0.366. The van der Waals surface area contributed by atoms with Crippen LogP contribution in [-0.2, 0) is 9.59 Å². The third-order valence-electron chi connectivity index (χ3n) is 2.82. The van der Waals surface area contributed by atoms with Crippen molar-refractivity contribution in [3.8, 4) is 0 Å². The van der Waals surface area contributed by atoms with Crippen LogP contribution < -0.4 is 0 Å². The van der Waals surface area contributed by atoms with Crippen LogP contribution >= 0.6 is 0 Å². The molecule has 15 heavy (non-hydrogen) atoms. The zero-order valence-corrected chi connectivity index (χ0v) is 9.63. The first-order valence-electron chi connectivity index (χ1n) is 6.03. The molecule has 1 rings (SSSR count). The minimum atomic E-state index is 0.166. The summed E-state index contributed by atoms with van der Waals surface area (Å²) < 4.78 is 0. The maximum Gasteiger partial charge on any atom is 0.222 e. The summed E-state index contributed by atoms with van der Waals surface area (Å²) in [6.07, 6.45) is 6.47. The molecule has 0 radical (unpaired) electrons.